The van der Waals surface area contributed by atoms with Crippen molar-refractivity contribution < 1.29 is 66.7 Å². The Labute approximate surface area is 354 Å². The third-order valence-corrected chi connectivity index (χ3v) is 10.4. The third kappa shape index (κ3) is 42.5. The molecule has 0 spiro atoms. The first-order chi connectivity index (χ1) is 28.1. The molecule has 16 heteroatoms. The lowest BCUT2D eigenvalue weighted by atomic mass is 10.0. The fraction of sp³-hybridized carbons (Fsp3) is 0.767. The van der Waals surface area contributed by atoms with Crippen LogP contribution in [-0.4, -0.2) is 81.6 Å². The molecule has 0 aromatic carbocycles. The molecule has 59 heavy (non-hydrogen) atoms. The zero-order valence-electron chi connectivity index (χ0n) is 36.1. The summed E-state index contributed by atoms with van der Waals surface area (Å²) in [7, 11) is -9.71. The monoisotopic (exact) mass is 880 g/mol. The summed E-state index contributed by atoms with van der Waals surface area (Å²) in [6.45, 7) is 3.86. The number of rotatable bonds is 40. The van der Waals surface area contributed by atoms with Crippen LogP contribution >= 0.6 is 15.6 Å². The zero-order chi connectivity index (χ0) is 44.0. The van der Waals surface area contributed by atoms with E-state index in [0.29, 0.717) is 19.3 Å². The van der Waals surface area contributed by atoms with Crippen molar-refractivity contribution in [3.63, 3.8) is 0 Å². The van der Waals surface area contributed by atoms with E-state index in [4.69, 9.17) is 23.8 Å². The van der Waals surface area contributed by atoms with E-state index >= 15 is 0 Å². The van der Waals surface area contributed by atoms with Gasteiger partial charge in [-0.1, -0.05) is 159 Å². The summed E-state index contributed by atoms with van der Waals surface area (Å²) < 4.78 is 47.7. The average molecular weight is 881 g/mol. The summed E-state index contributed by atoms with van der Waals surface area (Å²) in [5.74, 6) is -0.344. The summed E-state index contributed by atoms with van der Waals surface area (Å²) in [5, 5.41) is 19.6. The smallest absolute Gasteiger partial charge is 0.462 e. The molecule has 344 valence electrons. The van der Waals surface area contributed by atoms with Crippen LogP contribution in [-0.2, 0) is 41.8 Å². The summed E-state index contributed by atoms with van der Waals surface area (Å²) in [6, 6.07) is 0. The topological polar surface area (TPSA) is 216 Å². The molecule has 0 aromatic heterocycles. The summed E-state index contributed by atoms with van der Waals surface area (Å²) in [5.41, 5.74) is 0. The van der Waals surface area contributed by atoms with Gasteiger partial charge in [0.15, 0.2) is 6.10 Å². The third-order valence-electron chi connectivity index (χ3n) is 8.99. The van der Waals surface area contributed by atoms with E-state index in [-0.39, 0.29) is 12.8 Å². The molecule has 0 saturated heterocycles. The van der Waals surface area contributed by atoms with Crippen LogP contribution in [0.1, 0.15) is 162 Å². The van der Waals surface area contributed by atoms with Crippen molar-refractivity contribution in [1.29, 1.82) is 0 Å². The highest BCUT2D eigenvalue weighted by molar-refractivity contribution is 7.47. The maximum absolute atomic E-state index is 12.6. The largest absolute Gasteiger partial charge is 0.472 e. The average Bonchev–Trinajstić information content (AvgIpc) is 3.17. The van der Waals surface area contributed by atoms with Gasteiger partial charge in [0.25, 0.3) is 0 Å². The van der Waals surface area contributed by atoms with Gasteiger partial charge < -0.3 is 34.4 Å². The molecule has 0 rings (SSSR count). The van der Waals surface area contributed by atoms with Crippen molar-refractivity contribution in [1.82, 2.24) is 0 Å². The molecule has 0 heterocycles. The molecular formula is C43H78O14P2. The minimum absolute atomic E-state index is 0.0353. The Morgan fingerprint density at radius 1 is 0.593 bits per heavy atom. The molecular weight excluding hydrogens is 802 g/mol. The Hall–Kier alpha value is -1.96. The number of phosphoric acid groups is 2. The van der Waals surface area contributed by atoms with Crippen LogP contribution in [0, 0.1) is 5.92 Å². The van der Waals surface area contributed by atoms with Gasteiger partial charge in [-0.15, -0.1) is 0 Å². The Morgan fingerprint density at radius 2 is 1.14 bits per heavy atom. The van der Waals surface area contributed by atoms with Crippen molar-refractivity contribution in [3.05, 3.63) is 48.6 Å². The van der Waals surface area contributed by atoms with Crippen LogP contribution < -0.4 is 0 Å². The lowest BCUT2D eigenvalue weighted by molar-refractivity contribution is -0.161. The van der Waals surface area contributed by atoms with Crippen LogP contribution in [0.4, 0.5) is 0 Å². The Morgan fingerprint density at radius 3 is 1.76 bits per heavy atom. The van der Waals surface area contributed by atoms with E-state index in [9.17, 15) is 33.8 Å². The van der Waals surface area contributed by atoms with Gasteiger partial charge in [-0.3, -0.25) is 23.2 Å². The Bertz CT molecular complexity index is 1260. The first kappa shape index (κ1) is 57.0. The van der Waals surface area contributed by atoms with Gasteiger partial charge in [0.2, 0.25) is 0 Å². The maximum Gasteiger partial charge on any atom is 0.472 e. The van der Waals surface area contributed by atoms with Crippen molar-refractivity contribution in [2.75, 3.05) is 26.4 Å². The fourth-order valence-electron chi connectivity index (χ4n) is 5.64. The second-order valence-electron chi connectivity index (χ2n) is 15.3. The number of aliphatic hydroxyl groups excluding tert-OH is 2. The van der Waals surface area contributed by atoms with Gasteiger partial charge in [0.05, 0.1) is 25.9 Å². The molecule has 0 aromatic rings. The normalized spacial score (nSPS) is 15.1. The molecule has 5 N–H and O–H groups in total. The number of carbonyl (C=O) groups excluding carboxylic acids is 2. The van der Waals surface area contributed by atoms with Crippen LogP contribution in [0.3, 0.4) is 0 Å². The number of esters is 2. The maximum atomic E-state index is 12.6. The number of aliphatic hydroxyl groups is 2. The number of unbranched alkanes of at least 4 members (excludes halogenated alkanes) is 13. The van der Waals surface area contributed by atoms with Crippen molar-refractivity contribution in [2.24, 2.45) is 5.92 Å². The highest BCUT2D eigenvalue weighted by Gasteiger charge is 2.28. The van der Waals surface area contributed by atoms with Crippen molar-refractivity contribution >= 4 is 27.6 Å². The molecule has 0 aliphatic rings. The standard InChI is InChI=1S/C43H78O14P2/c1-4-5-24-30-39(44)31-26-21-17-13-9-7-11-15-19-23-28-33-43(47)57-41(37-56-59(51,52)55-35-40(45)34-54-58(48,49)50)36-53-42(46)32-27-22-18-14-10-6-8-12-16-20-25-29-38(2)3/h7,9,15,17,19,21,26,31,38-41,44-45H,4-6,8,10-14,16,18,20,22-25,27-30,32-37H2,1-3H3,(H,51,52)(H2,48,49,50)/b9-7-,19-15-,21-17-,31-26+/t39-,40-,41+/m0/s1. The first-order valence-electron chi connectivity index (χ1n) is 21.8. The number of hydrogen-bond donors (Lipinski definition) is 5. The van der Waals surface area contributed by atoms with Crippen molar-refractivity contribution in [3.8, 4) is 0 Å². The van der Waals surface area contributed by atoms with Crippen molar-refractivity contribution in [2.45, 2.75) is 180 Å². The van der Waals surface area contributed by atoms with Gasteiger partial charge in [-0.05, 0) is 44.4 Å². The predicted molar refractivity (Wildman–Crippen MR) is 231 cm³/mol. The Kier molecular flexibility index (Phi) is 36.5. The minimum atomic E-state index is -4.87. The SMILES string of the molecule is CCCCC[C@H](O)/C=C/C=C\C/C=C\C/C=C\CCCC(=O)O[C@H](COC(=O)CCCCCCCCCCCCCC(C)C)COP(=O)(O)OC[C@@H](O)COP(=O)(O)O. The summed E-state index contributed by atoms with van der Waals surface area (Å²) in [4.78, 5) is 52.6. The van der Waals surface area contributed by atoms with E-state index in [1.807, 2.05) is 42.5 Å². The molecule has 0 radical (unpaired) electrons. The van der Waals surface area contributed by atoms with Gasteiger partial charge in [0, 0.05) is 12.8 Å². The second kappa shape index (κ2) is 37.8. The van der Waals surface area contributed by atoms with Crippen LogP contribution in [0.2, 0.25) is 0 Å². The van der Waals surface area contributed by atoms with Crippen LogP contribution in [0.25, 0.3) is 0 Å². The molecule has 0 saturated carbocycles. The van der Waals surface area contributed by atoms with E-state index in [0.717, 1.165) is 63.7 Å². The number of ether oxygens (including phenoxy) is 2. The molecule has 0 fully saturated rings. The summed E-state index contributed by atoms with van der Waals surface area (Å²) in [6.07, 6.45) is 33.0. The zero-order valence-corrected chi connectivity index (χ0v) is 37.9. The highest BCUT2D eigenvalue weighted by Crippen LogP contribution is 2.43. The van der Waals surface area contributed by atoms with E-state index in [1.165, 1.54) is 51.4 Å². The predicted octanol–water partition coefficient (Wildman–Crippen LogP) is 9.89. The molecule has 0 aliphatic heterocycles. The highest BCUT2D eigenvalue weighted by atomic mass is 31.2. The second-order valence-corrected chi connectivity index (χ2v) is 18.0. The van der Waals surface area contributed by atoms with Gasteiger partial charge in [-0.25, -0.2) is 9.13 Å². The fourth-order valence-corrected chi connectivity index (χ4v) is 6.79. The molecule has 14 nitrogen and oxygen atoms in total. The number of phosphoric ester groups is 2. The van der Waals surface area contributed by atoms with E-state index in [1.54, 1.807) is 6.08 Å². The molecule has 4 atom stereocenters. The van der Waals surface area contributed by atoms with Gasteiger partial charge in [-0.2, -0.15) is 0 Å². The minimum Gasteiger partial charge on any atom is -0.462 e. The number of allylic oxidation sites excluding steroid dienone is 7. The molecule has 0 aliphatic carbocycles. The van der Waals surface area contributed by atoms with E-state index < -0.39 is 72.3 Å². The molecule has 1 unspecified atom stereocenters. The van der Waals surface area contributed by atoms with Crippen LogP contribution in [0.5, 0.6) is 0 Å². The Balaban J connectivity index is 4.66. The lowest BCUT2D eigenvalue weighted by Crippen LogP contribution is -2.29. The summed E-state index contributed by atoms with van der Waals surface area (Å²) >= 11 is 0. The van der Waals surface area contributed by atoms with Crippen LogP contribution in [0.15, 0.2) is 48.6 Å². The lowest BCUT2D eigenvalue weighted by Gasteiger charge is -2.20. The number of hydrogen-bond acceptors (Lipinski definition) is 11. The van der Waals surface area contributed by atoms with Gasteiger partial charge in [0.1, 0.15) is 12.7 Å². The van der Waals surface area contributed by atoms with Gasteiger partial charge >= 0.3 is 27.6 Å². The van der Waals surface area contributed by atoms with E-state index in [2.05, 4.69) is 29.8 Å². The quantitative estimate of drug-likeness (QED) is 0.0127. The molecule has 0 amide bonds. The first-order valence-corrected chi connectivity index (χ1v) is 24.8. The molecule has 0 bridgehead atoms. The number of carbonyl (C=O) groups is 2.